The van der Waals surface area contributed by atoms with E-state index in [4.69, 9.17) is 21.1 Å². The van der Waals surface area contributed by atoms with Crippen molar-refractivity contribution < 1.29 is 27.4 Å². The summed E-state index contributed by atoms with van der Waals surface area (Å²) in [7, 11) is 2.96. The molecule has 0 bridgehead atoms. The van der Waals surface area contributed by atoms with Crippen molar-refractivity contribution in [1.82, 2.24) is 14.7 Å². The van der Waals surface area contributed by atoms with Crippen LogP contribution in [0.25, 0.3) is 0 Å². The summed E-state index contributed by atoms with van der Waals surface area (Å²) >= 11 is 6.10. The third-order valence-corrected chi connectivity index (χ3v) is 7.19. The van der Waals surface area contributed by atoms with Gasteiger partial charge in [0.05, 0.1) is 20.3 Å². The largest absolute Gasteiger partial charge is 0.493 e. The van der Waals surface area contributed by atoms with Gasteiger partial charge < -0.3 is 24.6 Å². The Balaban J connectivity index is 1.36. The molecular weight excluding hydrogens is 523 g/mol. The normalized spacial score (nSPS) is 19.5. The summed E-state index contributed by atoms with van der Waals surface area (Å²) in [4.78, 5) is 17.0. The Kier molecular flexibility index (Phi) is 7.04. The van der Waals surface area contributed by atoms with E-state index >= 15 is 0 Å². The molecule has 2 aromatic carbocycles. The van der Waals surface area contributed by atoms with Gasteiger partial charge in [-0.05, 0) is 35.9 Å². The molecule has 2 aliphatic heterocycles. The van der Waals surface area contributed by atoms with E-state index in [0.717, 1.165) is 10.4 Å². The molecule has 5 rings (SSSR count). The number of hydrogen-bond donors (Lipinski definition) is 1. The van der Waals surface area contributed by atoms with Crippen molar-refractivity contribution in [1.29, 1.82) is 0 Å². The van der Waals surface area contributed by atoms with Crippen LogP contribution >= 0.6 is 11.6 Å². The number of ether oxygens (including phenoxy) is 2. The predicted molar refractivity (Wildman–Crippen MR) is 137 cm³/mol. The van der Waals surface area contributed by atoms with Gasteiger partial charge in [-0.15, -0.1) is 0 Å². The number of benzene rings is 2. The minimum Gasteiger partial charge on any atom is -0.493 e. The second kappa shape index (κ2) is 10.3. The molecular formula is C26H27ClF3N5O3. The molecule has 1 amide bonds. The number of carbonyl (C=O) groups excluding carboxylic acids is 1. The summed E-state index contributed by atoms with van der Waals surface area (Å²) in [6.07, 6.45) is -4.85. The first-order chi connectivity index (χ1) is 18.2. The molecule has 3 aromatic rings. The van der Waals surface area contributed by atoms with Crippen LogP contribution in [0.15, 0.2) is 48.5 Å². The summed E-state index contributed by atoms with van der Waals surface area (Å²) in [6, 6.07) is 11.3. The van der Waals surface area contributed by atoms with Crippen molar-refractivity contribution in [3.63, 3.8) is 0 Å². The fourth-order valence-corrected chi connectivity index (χ4v) is 5.15. The van der Waals surface area contributed by atoms with Crippen molar-refractivity contribution in [2.45, 2.75) is 24.7 Å². The Hall–Kier alpha value is -3.60. The fraction of sp³-hybridized carbons (Fsp3) is 0.385. The zero-order chi connectivity index (χ0) is 27.0. The van der Waals surface area contributed by atoms with Crippen LogP contribution in [0.3, 0.4) is 0 Å². The van der Waals surface area contributed by atoms with Crippen molar-refractivity contribution in [3.05, 3.63) is 64.8 Å². The minimum absolute atomic E-state index is 0.0223. The number of nitrogens with zero attached hydrogens (tertiary/aromatic N) is 4. The Morgan fingerprint density at radius 1 is 1.03 bits per heavy atom. The first kappa shape index (κ1) is 26.0. The smallest absolute Gasteiger partial charge is 0.410 e. The van der Waals surface area contributed by atoms with E-state index in [2.05, 4.69) is 15.3 Å². The maximum Gasteiger partial charge on any atom is 0.410 e. The van der Waals surface area contributed by atoms with E-state index in [0.29, 0.717) is 48.3 Å². The van der Waals surface area contributed by atoms with E-state index in [-0.39, 0.29) is 17.9 Å². The number of carbonyl (C=O) groups is 1. The Bertz CT molecular complexity index is 1320. The van der Waals surface area contributed by atoms with Crippen molar-refractivity contribution in [2.24, 2.45) is 0 Å². The first-order valence-electron chi connectivity index (χ1n) is 12.1. The van der Waals surface area contributed by atoms with E-state index in [1.807, 2.05) is 18.2 Å². The van der Waals surface area contributed by atoms with E-state index in [1.165, 1.54) is 20.3 Å². The maximum atomic E-state index is 14.1. The highest BCUT2D eigenvalue weighted by Gasteiger charge is 2.47. The summed E-state index contributed by atoms with van der Waals surface area (Å²) < 4.78 is 53.8. The highest BCUT2D eigenvalue weighted by atomic mass is 35.5. The quantitative estimate of drug-likeness (QED) is 0.473. The molecule has 12 heteroatoms. The van der Waals surface area contributed by atoms with Gasteiger partial charge in [-0.25, -0.2) is 4.68 Å². The molecule has 0 spiro atoms. The number of alkyl halides is 3. The number of nitrogens with one attached hydrogen (secondary N) is 1. The Morgan fingerprint density at radius 3 is 2.42 bits per heavy atom. The molecule has 2 aliphatic rings. The van der Waals surface area contributed by atoms with Crippen LogP contribution in [0.5, 0.6) is 11.5 Å². The topological polar surface area (TPSA) is 71.9 Å². The maximum absolute atomic E-state index is 14.1. The third kappa shape index (κ3) is 5.07. The molecule has 0 radical (unpaired) electrons. The molecule has 8 nitrogen and oxygen atoms in total. The third-order valence-electron chi connectivity index (χ3n) is 6.96. The molecule has 1 fully saturated rings. The molecule has 2 atom stereocenters. The van der Waals surface area contributed by atoms with Gasteiger partial charge in [-0.2, -0.15) is 18.3 Å². The van der Waals surface area contributed by atoms with Gasteiger partial charge in [-0.3, -0.25) is 4.79 Å². The molecule has 3 heterocycles. The Labute approximate surface area is 222 Å². The van der Waals surface area contributed by atoms with Gasteiger partial charge in [0.25, 0.3) is 5.91 Å². The lowest BCUT2D eigenvalue weighted by Crippen LogP contribution is -2.49. The van der Waals surface area contributed by atoms with Crippen LogP contribution in [-0.2, 0) is 0 Å². The van der Waals surface area contributed by atoms with Gasteiger partial charge in [0, 0.05) is 49.4 Å². The number of hydrogen-bond acceptors (Lipinski definition) is 6. The van der Waals surface area contributed by atoms with Gasteiger partial charge in [-0.1, -0.05) is 23.7 Å². The van der Waals surface area contributed by atoms with Gasteiger partial charge in [0.1, 0.15) is 5.82 Å². The monoisotopic (exact) mass is 549 g/mol. The summed E-state index contributed by atoms with van der Waals surface area (Å²) in [5, 5.41) is 7.88. The van der Waals surface area contributed by atoms with Gasteiger partial charge in [0.2, 0.25) is 0 Å². The molecule has 1 aromatic heterocycles. The number of anilines is 2. The minimum atomic E-state index is -4.55. The number of rotatable bonds is 5. The second-order valence-electron chi connectivity index (χ2n) is 9.22. The van der Waals surface area contributed by atoms with Gasteiger partial charge >= 0.3 is 6.18 Å². The molecule has 0 aliphatic carbocycles. The molecule has 1 saturated heterocycles. The fourth-order valence-electron chi connectivity index (χ4n) is 4.97. The summed E-state index contributed by atoms with van der Waals surface area (Å²) in [5.74, 6) is 0.636. The summed E-state index contributed by atoms with van der Waals surface area (Å²) in [6.45, 7) is 1.98. The average molecular weight is 550 g/mol. The highest BCUT2D eigenvalue weighted by molar-refractivity contribution is 6.30. The molecule has 0 saturated carbocycles. The van der Waals surface area contributed by atoms with Crippen LogP contribution in [0, 0.1) is 0 Å². The molecule has 1 N–H and O–H groups in total. The molecule has 38 heavy (non-hydrogen) atoms. The van der Waals surface area contributed by atoms with Crippen LogP contribution in [0.4, 0.5) is 24.7 Å². The van der Waals surface area contributed by atoms with Crippen molar-refractivity contribution >= 4 is 29.0 Å². The molecule has 0 unspecified atom stereocenters. The summed E-state index contributed by atoms with van der Waals surface area (Å²) in [5.41, 5.74) is 1.54. The number of amides is 1. The SMILES string of the molecule is COc1ccc([C@@H]2C[C@@H](C(F)(F)F)n3nc(C(=O)N4CCN(c5cccc(Cl)c5)CC4)cc3N2)cc1OC. The van der Waals surface area contributed by atoms with E-state index in [9.17, 15) is 18.0 Å². The second-order valence-corrected chi connectivity index (χ2v) is 9.66. The number of halogens is 4. The number of methoxy groups -OCH3 is 2. The molecule has 202 valence electrons. The lowest BCUT2D eigenvalue weighted by atomic mass is 9.96. The lowest BCUT2D eigenvalue weighted by Gasteiger charge is -2.35. The van der Waals surface area contributed by atoms with E-state index < -0.39 is 24.2 Å². The van der Waals surface area contributed by atoms with Crippen LogP contribution in [0.1, 0.15) is 34.6 Å². The lowest BCUT2D eigenvalue weighted by molar-refractivity contribution is -0.173. The standard InChI is InChI=1S/C26H27ClF3N5O3/c1-37-21-7-6-16(12-22(21)38-2)19-14-23(26(28,29)30)35-24(31-19)15-20(32-35)25(36)34-10-8-33(9-11-34)18-5-3-4-17(27)13-18/h3-7,12-13,15,19,23,31H,8-11,14H2,1-2H3/t19-,23-/m0/s1. The average Bonchev–Trinajstić information content (AvgIpc) is 3.35. The zero-order valence-electron chi connectivity index (χ0n) is 20.8. The predicted octanol–water partition coefficient (Wildman–Crippen LogP) is 5.18. The zero-order valence-corrected chi connectivity index (χ0v) is 21.6. The van der Waals surface area contributed by atoms with Crippen molar-refractivity contribution in [2.75, 3.05) is 50.6 Å². The Morgan fingerprint density at radius 2 is 1.76 bits per heavy atom. The highest BCUT2D eigenvalue weighted by Crippen LogP contribution is 2.44. The van der Waals surface area contributed by atoms with E-state index in [1.54, 1.807) is 29.2 Å². The van der Waals surface area contributed by atoms with Gasteiger partial charge in [0.15, 0.2) is 23.2 Å². The van der Waals surface area contributed by atoms with Crippen LogP contribution < -0.4 is 19.7 Å². The number of piperazine rings is 1. The first-order valence-corrected chi connectivity index (χ1v) is 12.5. The van der Waals surface area contributed by atoms with Crippen molar-refractivity contribution in [3.8, 4) is 11.5 Å². The van der Waals surface area contributed by atoms with Crippen LogP contribution in [-0.4, -0.2) is 67.2 Å². The van der Waals surface area contributed by atoms with Crippen LogP contribution in [0.2, 0.25) is 5.02 Å². The number of fused-ring (bicyclic) bond motifs is 1. The number of aromatic nitrogens is 2.